The molecule has 240 valence electrons. The SMILES string of the molecule is C#CCCC(NC(=O)C1CCCN1C(=O)C(NC(=O)NC)C1(C)CCCCC1)C(C)=O.C=CCNC=O.CC.CCC. The van der Waals surface area contributed by atoms with Gasteiger partial charge in [-0.15, -0.1) is 18.9 Å². The lowest BCUT2D eigenvalue weighted by Crippen LogP contribution is -2.60. The van der Waals surface area contributed by atoms with Crippen molar-refractivity contribution in [3.05, 3.63) is 12.7 Å². The van der Waals surface area contributed by atoms with Crippen molar-refractivity contribution in [2.75, 3.05) is 20.1 Å². The summed E-state index contributed by atoms with van der Waals surface area (Å²) in [5, 5.41) is 10.6. The average molecular weight is 592 g/mol. The van der Waals surface area contributed by atoms with Gasteiger partial charge in [-0.1, -0.05) is 66.4 Å². The second-order valence-electron chi connectivity index (χ2n) is 10.5. The van der Waals surface area contributed by atoms with E-state index in [0.717, 1.165) is 32.1 Å². The fraction of sp³-hybridized carbons (Fsp3) is 0.719. The van der Waals surface area contributed by atoms with Crippen molar-refractivity contribution in [3.63, 3.8) is 0 Å². The number of nitrogens with one attached hydrogen (secondary N) is 4. The van der Waals surface area contributed by atoms with Gasteiger partial charge in [0.05, 0.1) is 6.04 Å². The maximum absolute atomic E-state index is 13.6. The molecule has 10 nitrogen and oxygen atoms in total. The molecule has 3 unspecified atom stereocenters. The summed E-state index contributed by atoms with van der Waals surface area (Å²) in [5.41, 5.74) is -0.361. The van der Waals surface area contributed by atoms with Gasteiger partial charge in [0, 0.05) is 26.6 Å². The fourth-order valence-corrected chi connectivity index (χ4v) is 4.86. The molecule has 1 aliphatic heterocycles. The summed E-state index contributed by atoms with van der Waals surface area (Å²) < 4.78 is 0. The van der Waals surface area contributed by atoms with Crippen LogP contribution >= 0.6 is 0 Å². The van der Waals surface area contributed by atoms with Crippen molar-refractivity contribution >= 4 is 30.0 Å². The summed E-state index contributed by atoms with van der Waals surface area (Å²) >= 11 is 0. The minimum absolute atomic E-state index is 0.159. The first-order valence-corrected chi connectivity index (χ1v) is 15.4. The largest absolute Gasteiger partial charge is 0.355 e. The fourth-order valence-electron chi connectivity index (χ4n) is 4.86. The average Bonchev–Trinajstić information content (AvgIpc) is 3.48. The van der Waals surface area contributed by atoms with Crippen molar-refractivity contribution in [2.24, 2.45) is 5.41 Å². The Bertz CT molecular complexity index is 856. The molecule has 1 saturated carbocycles. The maximum Gasteiger partial charge on any atom is 0.315 e. The number of terminal acetylenes is 1. The Morgan fingerprint density at radius 3 is 2.14 bits per heavy atom. The van der Waals surface area contributed by atoms with E-state index in [-0.39, 0.29) is 23.0 Å². The highest BCUT2D eigenvalue weighted by molar-refractivity contribution is 5.94. The van der Waals surface area contributed by atoms with E-state index < -0.39 is 24.2 Å². The van der Waals surface area contributed by atoms with Gasteiger partial charge in [0.1, 0.15) is 12.1 Å². The van der Waals surface area contributed by atoms with Gasteiger partial charge in [0.15, 0.2) is 5.78 Å². The third kappa shape index (κ3) is 15.0. The van der Waals surface area contributed by atoms with Crippen LogP contribution in [-0.4, -0.2) is 73.2 Å². The zero-order chi connectivity index (χ0) is 32.6. The number of carbonyl (C=O) groups excluding carboxylic acids is 5. The number of ketones is 1. The summed E-state index contributed by atoms with van der Waals surface area (Å²) in [6.45, 7) is 16.1. The van der Waals surface area contributed by atoms with E-state index in [1.54, 1.807) is 11.0 Å². The van der Waals surface area contributed by atoms with E-state index in [1.807, 2.05) is 20.8 Å². The molecule has 0 bridgehead atoms. The molecule has 0 aromatic rings. The van der Waals surface area contributed by atoms with Gasteiger partial charge in [-0.3, -0.25) is 19.2 Å². The molecule has 1 heterocycles. The third-order valence-corrected chi connectivity index (χ3v) is 7.01. The molecule has 1 saturated heterocycles. The van der Waals surface area contributed by atoms with E-state index in [1.165, 1.54) is 20.4 Å². The Kier molecular flexibility index (Phi) is 23.6. The Balaban J connectivity index is 0. The Labute approximate surface area is 254 Å². The first kappa shape index (κ1) is 40.8. The van der Waals surface area contributed by atoms with Crippen LogP contribution in [0.3, 0.4) is 0 Å². The number of urea groups is 1. The second kappa shape index (κ2) is 24.3. The Hall–Kier alpha value is -3.35. The van der Waals surface area contributed by atoms with E-state index >= 15 is 0 Å². The number of rotatable bonds is 11. The molecule has 0 radical (unpaired) electrons. The number of carbonyl (C=O) groups is 5. The predicted octanol–water partition coefficient (Wildman–Crippen LogP) is 4.09. The molecule has 0 spiro atoms. The quantitative estimate of drug-likeness (QED) is 0.124. The Morgan fingerprint density at radius 1 is 1.10 bits per heavy atom. The molecular formula is C32H57N5O5. The monoisotopic (exact) mass is 591 g/mol. The number of hydrogen-bond acceptors (Lipinski definition) is 5. The number of amides is 5. The highest BCUT2D eigenvalue weighted by Crippen LogP contribution is 2.40. The van der Waals surface area contributed by atoms with E-state index in [9.17, 15) is 24.0 Å². The van der Waals surface area contributed by atoms with Crippen LogP contribution in [0.4, 0.5) is 4.79 Å². The zero-order valence-electron chi connectivity index (χ0n) is 27.1. The number of nitrogens with zero attached hydrogens (tertiary/aromatic N) is 1. The highest BCUT2D eigenvalue weighted by atomic mass is 16.2. The van der Waals surface area contributed by atoms with Crippen molar-refractivity contribution in [3.8, 4) is 12.3 Å². The lowest BCUT2D eigenvalue weighted by molar-refractivity contribution is -0.143. The molecule has 2 fully saturated rings. The smallest absolute Gasteiger partial charge is 0.315 e. The summed E-state index contributed by atoms with van der Waals surface area (Å²) in [6, 6.07) is -2.42. The molecule has 10 heteroatoms. The van der Waals surface area contributed by atoms with Crippen LogP contribution in [0, 0.1) is 17.8 Å². The number of likely N-dealkylation sites (tertiary alicyclic amines) is 1. The third-order valence-electron chi connectivity index (χ3n) is 7.01. The lowest BCUT2D eigenvalue weighted by atomic mass is 9.70. The number of hydrogen-bond donors (Lipinski definition) is 4. The highest BCUT2D eigenvalue weighted by Gasteiger charge is 2.46. The van der Waals surface area contributed by atoms with Gasteiger partial charge in [-0.05, 0) is 44.4 Å². The summed E-state index contributed by atoms with van der Waals surface area (Å²) in [7, 11) is 1.52. The van der Waals surface area contributed by atoms with Crippen LogP contribution in [0.5, 0.6) is 0 Å². The summed E-state index contributed by atoms with van der Waals surface area (Å²) in [5.74, 6) is 1.76. The molecule has 0 aromatic carbocycles. The molecule has 5 amide bonds. The van der Waals surface area contributed by atoms with Crippen LogP contribution in [0.25, 0.3) is 0 Å². The van der Waals surface area contributed by atoms with E-state index in [0.29, 0.717) is 45.2 Å². The molecular weight excluding hydrogens is 534 g/mol. The first-order valence-electron chi connectivity index (χ1n) is 15.4. The van der Waals surface area contributed by atoms with Crippen LogP contribution in [0.1, 0.15) is 106 Å². The predicted molar refractivity (Wildman–Crippen MR) is 170 cm³/mol. The lowest BCUT2D eigenvalue weighted by Gasteiger charge is -2.42. The van der Waals surface area contributed by atoms with Crippen molar-refractivity contribution < 1.29 is 24.0 Å². The molecule has 2 rings (SSSR count). The van der Waals surface area contributed by atoms with E-state index in [2.05, 4.69) is 47.6 Å². The van der Waals surface area contributed by atoms with Gasteiger partial charge < -0.3 is 26.2 Å². The first-order chi connectivity index (χ1) is 20.1. The van der Waals surface area contributed by atoms with Gasteiger partial charge in [0.2, 0.25) is 18.2 Å². The van der Waals surface area contributed by atoms with Crippen LogP contribution in [0.15, 0.2) is 12.7 Å². The molecule has 1 aliphatic carbocycles. The van der Waals surface area contributed by atoms with Crippen molar-refractivity contribution in [1.82, 2.24) is 26.2 Å². The topological polar surface area (TPSA) is 137 Å². The molecule has 42 heavy (non-hydrogen) atoms. The van der Waals surface area contributed by atoms with Gasteiger partial charge in [0.25, 0.3) is 0 Å². The summed E-state index contributed by atoms with van der Waals surface area (Å²) in [4.78, 5) is 61.6. The standard InChI is InChI=1S/C23H36N4O4.C4H7NO.C3H8.C2H6/c1-5-6-11-17(16(2)28)25-20(29)18-12-10-15-27(18)21(30)19(26-22(31)24-4)23(3)13-8-7-9-14-23;1-2-3-5-4-6;1-3-2;1-2/h1,17-19H,6-15H2,2-4H3,(H,25,29)(H2,24,26,31);2,4H,1,3H2,(H,5,6);3H2,1-2H3;1-2H3. The van der Waals surface area contributed by atoms with Gasteiger partial charge in [-0.2, -0.15) is 0 Å². The van der Waals surface area contributed by atoms with Crippen LogP contribution in [0.2, 0.25) is 0 Å². The molecule has 3 atom stereocenters. The normalized spacial score (nSPS) is 17.8. The van der Waals surface area contributed by atoms with Crippen LogP contribution in [-0.2, 0) is 19.2 Å². The zero-order valence-corrected chi connectivity index (χ0v) is 27.1. The van der Waals surface area contributed by atoms with Gasteiger partial charge in [-0.25, -0.2) is 4.79 Å². The molecule has 2 aliphatic rings. The summed E-state index contributed by atoms with van der Waals surface area (Å²) in [6.07, 6.45) is 15.6. The van der Waals surface area contributed by atoms with Crippen molar-refractivity contribution in [2.45, 2.75) is 124 Å². The van der Waals surface area contributed by atoms with E-state index in [4.69, 9.17) is 6.42 Å². The molecule has 4 N–H and O–H groups in total. The number of Topliss-reactive ketones (excluding diaryl/α,β-unsaturated/α-hetero) is 1. The van der Waals surface area contributed by atoms with Crippen molar-refractivity contribution in [1.29, 1.82) is 0 Å². The maximum atomic E-state index is 13.6. The minimum atomic E-state index is -0.703. The molecule has 0 aromatic heterocycles. The minimum Gasteiger partial charge on any atom is -0.355 e. The Morgan fingerprint density at radius 2 is 1.69 bits per heavy atom. The van der Waals surface area contributed by atoms with Crippen LogP contribution < -0.4 is 21.3 Å². The van der Waals surface area contributed by atoms with Gasteiger partial charge >= 0.3 is 6.03 Å². The second-order valence-corrected chi connectivity index (χ2v) is 10.5.